The van der Waals surface area contributed by atoms with E-state index in [-0.39, 0.29) is 6.17 Å². The summed E-state index contributed by atoms with van der Waals surface area (Å²) >= 11 is 6.38. The summed E-state index contributed by atoms with van der Waals surface area (Å²) in [6.45, 7) is 7.06. The molecule has 0 saturated carbocycles. The number of fused-ring (bicyclic) bond motifs is 1. The Morgan fingerprint density at radius 1 is 0.875 bits per heavy atom. The highest BCUT2D eigenvalue weighted by Gasteiger charge is 2.29. The number of halogens is 1. The summed E-state index contributed by atoms with van der Waals surface area (Å²) in [6, 6.07) is 26.2. The van der Waals surface area contributed by atoms with Crippen LogP contribution < -0.4 is 10.2 Å². The third-order valence-corrected chi connectivity index (χ3v) is 7.93. The van der Waals surface area contributed by atoms with Gasteiger partial charge in [0.2, 0.25) is 0 Å². The zero-order chi connectivity index (χ0) is 27.6. The van der Waals surface area contributed by atoms with Gasteiger partial charge in [-0.3, -0.25) is 9.47 Å². The molecule has 0 spiro atoms. The zero-order valence-electron chi connectivity index (χ0n) is 22.6. The standard InChI is InChI=1S/C31H32ClN7O/c1-21-25(32)14-9-15-26(21)37-16-18-38(19-17-37)29(22(2)40)36-28-27-31(34-20-33-28)39(24-12-7-4-8-13-24)30(35-27)23-10-5-3-6-11-23/h3-15,20,22,29,40H,16-19H2,1-2H3,(H,33,34,36). The zero-order valence-corrected chi connectivity index (χ0v) is 23.3. The van der Waals surface area contributed by atoms with E-state index in [1.165, 1.54) is 0 Å². The van der Waals surface area contributed by atoms with Gasteiger partial charge in [0.1, 0.15) is 18.3 Å². The summed E-state index contributed by atoms with van der Waals surface area (Å²) in [5, 5.41) is 15.2. The second kappa shape index (κ2) is 11.3. The summed E-state index contributed by atoms with van der Waals surface area (Å²) in [5.41, 5.74) is 5.56. The van der Waals surface area contributed by atoms with Gasteiger partial charge in [-0.15, -0.1) is 0 Å². The molecule has 2 unspecified atom stereocenters. The lowest BCUT2D eigenvalue weighted by Gasteiger charge is -2.41. The van der Waals surface area contributed by atoms with Crippen LogP contribution in [0.2, 0.25) is 5.02 Å². The highest BCUT2D eigenvalue weighted by Crippen LogP contribution is 2.31. The number of imidazole rings is 1. The number of piperazine rings is 1. The molecule has 204 valence electrons. The van der Waals surface area contributed by atoms with Crippen molar-refractivity contribution in [3.8, 4) is 17.1 Å². The lowest BCUT2D eigenvalue weighted by atomic mass is 10.1. The van der Waals surface area contributed by atoms with Gasteiger partial charge in [0, 0.05) is 48.1 Å². The first kappa shape index (κ1) is 26.3. The van der Waals surface area contributed by atoms with Gasteiger partial charge in [0.05, 0.1) is 6.10 Å². The number of anilines is 2. The Bertz CT molecular complexity index is 1600. The van der Waals surface area contributed by atoms with Gasteiger partial charge in [0.15, 0.2) is 17.0 Å². The lowest BCUT2D eigenvalue weighted by molar-refractivity contribution is 0.0720. The number of hydrogen-bond acceptors (Lipinski definition) is 7. The number of para-hydroxylation sites is 1. The number of nitrogens with zero attached hydrogens (tertiary/aromatic N) is 6. The van der Waals surface area contributed by atoms with Crippen LogP contribution in [0.1, 0.15) is 12.5 Å². The van der Waals surface area contributed by atoms with Crippen molar-refractivity contribution < 1.29 is 5.11 Å². The summed E-state index contributed by atoms with van der Waals surface area (Å²) in [6.07, 6.45) is 0.566. The van der Waals surface area contributed by atoms with Crippen LogP contribution in [0.25, 0.3) is 28.2 Å². The molecular weight excluding hydrogens is 522 g/mol. The Morgan fingerprint density at radius 2 is 1.57 bits per heavy atom. The van der Waals surface area contributed by atoms with Crippen molar-refractivity contribution in [2.75, 3.05) is 36.4 Å². The van der Waals surface area contributed by atoms with Crippen LogP contribution in [0.15, 0.2) is 85.2 Å². The highest BCUT2D eigenvalue weighted by molar-refractivity contribution is 6.31. The van der Waals surface area contributed by atoms with Crippen molar-refractivity contribution in [2.45, 2.75) is 26.1 Å². The van der Waals surface area contributed by atoms with Gasteiger partial charge in [0.25, 0.3) is 0 Å². The molecule has 5 aromatic rings. The first-order chi connectivity index (χ1) is 19.5. The Hall–Kier alpha value is -3.98. The molecule has 6 rings (SSSR count). The topological polar surface area (TPSA) is 82.3 Å². The predicted molar refractivity (Wildman–Crippen MR) is 161 cm³/mol. The van der Waals surface area contributed by atoms with E-state index in [1.807, 2.05) is 79.7 Å². The van der Waals surface area contributed by atoms with E-state index in [0.29, 0.717) is 17.0 Å². The maximum atomic E-state index is 10.9. The summed E-state index contributed by atoms with van der Waals surface area (Å²) in [4.78, 5) is 18.9. The molecule has 3 heterocycles. The van der Waals surface area contributed by atoms with Gasteiger partial charge in [-0.05, 0) is 43.7 Å². The van der Waals surface area contributed by atoms with Crippen molar-refractivity contribution in [2.24, 2.45) is 0 Å². The second-order valence-electron chi connectivity index (χ2n) is 10.1. The number of aliphatic hydroxyl groups excluding tert-OH is 1. The summed E-state index contributed by atoms with van der Waals surface area (Å²) in [5.74, 6) is 1.38. The summed E-state index contributed by atoms with van der Waals surface area (Å²) < 4.78 is 2.06. The van der Waals surface area contributed by atoms with Gasteiger partial charge in [-0.25, -0.2) is 15.0 Å². The van der Waals surface area contributed by atoms with Gasteiger partial charge >= 0.3 is 0 Å². The first-order valence-corrected chi connectivity index (χ1v) is 13.9. The van der Waals surface area contributed by atoms with E-state index in [0.717, 1.165) is 59.5 Å². The van der Waals surface area contributed by atoms with Gasteiger partial charge < -0.3 is 15.3 Å². The SMILES string of the molecule is Cc1c(Cl)cccc1N1CCN(C(Nc2ncnc3c2nc(-c2ccccc2)n3-c2ccccc2)C(C)O)CC1. The van der Waals surface area contributed by atoms with E-state index in [4.69, 9.17) is 16.6 Å². The molecular formula is C31H32ClN7O. The molecule has 40 heavy (non-hydrogen) atoms. The Balaban J connectivity index is 1.32. The van der Waals surface area contributed by atoms with Crippen molar-refractivity contribution in [1.29, 1.82) is 0 Å². The Labute approximate surface area is 238 Å². The second-order valence-corrected chi connectivity index (χ2v) is 10.5. The molecule has 2 atom stereocenters. The van der Waals surface area contributed by atoms with E-state index in [9.17, 15) is 5.11 Å². The molecule has 0 aliphatic carbocycles. The van der Waals surface area contributed by atoms with Gasteiger partial charge in [-0.1, -0.05) is 66.2 Å². The molecule has 8 nitrogen and oxygen atoms in total. The van der Waals surface area contributed by atoms with Crippen molar-refractivity contribution in [3.05, 3.63) is 95.8 Å². The fraction of sp³-hybridized carbons (Fsp3) is 0.258. The van der Waals surface area contributed by atoms with Crippen LogP contribution in [0.5, 0.6) is 0 Å². The van der Waals surface area contributed by atoms with E-state index < -0.39 is 6.10 Å². The molecule has 9 heteroatoms. The molecule has 1 saturated heterocycles. The van der Waals surface area contributed by atoms with Crippen LogP contribution in [0.4, 0.5) is 11.5 Å². The third kappa shape index (κ3) is 5.01. The fourth-order valence-corrected chi connectivity index (χ4v) is 5.61. The number of benzene rings is 3. The van der Waals surface area contributed by atoms with E-state index >= 15 is 0 Å². The summed E-state index contributed by atoms with van der Waals surface area (Å²) in [7, 11) is 0. The third-order valence-electron chi connectivity index (χ3n) is 7.52. The quantitative estimate of drug-likeness (QED) is 0.280. The van der Waals surface area contributed by atoms with Crippen molar-refractivity contribution >= 4 is 34.3 Å². The van der Waals surface area contributed by atoms with Crippen LogP contribution in [-0.4, -0.2) is 68.0 Å². The highest BCUT2D eigenvalue weighted by atomic mass is 35.5. The molecule has 3 aromatic carbocycles. The minimum atomic E-state index is -0.644. The number of hydrogen-bond donors (Lipinski definition) is 2. The Kier molecular flexibility index (Phi) is 7.38. The van der Waals surface area contributed by atoms with Crippen LogP contribution in [0, 0.1) is 6.92 Å². The van der Waals surface area contributed by atoms with Crippen molar-refractivity contribution in [3.63, 3.8) is 0 Å². The van der Waals surface area contributed by atoms with Crippen LogP contribution >= 0.6 is 11.6 Å². The van der Waals surface area contributed by atoms with E-state index in [1.54, 1.807) is 6.33 Å². The molecule has 0 amide bonds. The van der Waals surface area contributed by atoms with Gasteiger partial charge in [-0.2, -0.15) is 0 Å². The maximum absolute atomic E-state index is 10.9. The maximum Gasteiger partial charge on any atom is 0.170 e. The number of aliphatic hydroxyl groups is 1. The molecule has 2 N–H and O–H groups in total. The minimum Gasteiger partial charge on any atom is -0.390 e. The largest absolute Gasteiger partial charge is 0.390 e. The normalized spacial score (nSPS) is 15.8. The molecule has 0 radical (unpaired) electrons. The Morgan fingerprint density at radius 3 is 2.27 bits per heavy atom. The molecule has 0 bridgehead atoms. The monoisotopic (exact) mass is 553 g/mol. The molecule has 1 aliphatic rings. The number of aromatic nitrogens is 4. The molecule has 2 aromatic heterocycles. The first-order valence-electron chi connectivity index (χ1n) is 13.5. The smallest absolute Gasteiger partial charge is 0.170 e. The van der Waals surface area contributed by atoms with E-state index in [2.05, 4.69) is 42.6 Å². The molecule has 1 fully saturated rings. The molecule has 1 aliphatic heterocycles. The average Bonchev–Trinajstić information content (AvgIpc) is 3.39. The van der Waals surface area contributed by atoms with Crippen LogP contribution in [-0.2, 0) is 0 Å². The van der Waals surface area contributed by atoms with Crippen LogP contribution in [0.3, 0.4) is 0 Å². The lowest BCUT2D eigenvalue weighted by Crippen LogP contribution is -2.56. The number of rotatable bonds is 7. The minimum absolute atomic E-state index is 0.345. The van der Waals surface area contributed by atoms with Crippen molar-refractivity contribution in [1.82, 2.24) is 24.4 Å². The number of nitrogens with one attached hydrogen (secondary N) is 1. The average molecular weight is 554 g/mol. The predicted octanol–water partition coefficient (Wildman–Crippen LogP) is 5.39. The fourth-order valence-electron chi connectivity index (χ4n) is 5.44.